The second-order valence-electron chi connectivity index (χ2n) is 6.89. The Morgan fingerprint density at radius 2 is 1.90 bits per heavy atom. The van der Waals surface area contributed by atoms with E-state index < -0.39 is 35.4 Å². The average molecular weight is 406 g/mol. The molecule has 1 aliphatic heterocycles. The van der Waals surface area contributed by atoms with Gasteiger partial charge in [-0.15, -0.1) is 0 Å². The van der Waals surface area contributed by atoms with Crippen molar-refractivity contribution in [3.8, 4) is 0 Å². The van der Waals surface area contributed by atoms with Gasteiger partial charge in [-0.05, 0) is 19.1 Å². The van der Waals surface area contributed by atoms with E-state index in [0.29, 0.717) is 38.2 Å². The number of pyridine rings is 1. The molecule has 1 saturated heterocycles. The van der Waals surface area contributed by atoms with E-state index in [1.54, 1.807) is 16.4 Å². The number of hydrogen-bond donors (Lipinski definition) is 3. The number of carboxylic acids is 1. The molecule has 2 aromatic rings. The lowest BCUT2D eigenvalue weighted by atomic mass is 10.1. The zero-order chi connectivity index (χ0) is 21.3. The van der Waals surface area contributed by atoms with Crippen molar-refractivity contribution in [2.75, 3.05) is 37.7 Å². The summed E-state index contributed by atoms with van der Waals surface area (Å²) in [5.41, 5.74) is 5.16. The van der Waals surface area contributed by atoms with Crippen LogP contribution in [0, 0.1) is 5.82 Å². The van der Waals surface area contributed by atoms with E-state index in [2.05, 4.69) is 0 Å². The highest BCUT2D eigenvalue weighted by molar-refractivity contribution is 5.93. The predicted molar refractivity (Wildman–Crippen MR) is 105 cm³/mol. The number of fused-ring (bicyclic) bond motifs is 1. The number of aromatic nitrogens is 1. The molecule has 1 fully saturated rings. The highest BCUT2D eigenvalue weighted by Crippen LogP contribution is 2.26. The van der Waals surface area contributed by atoms with Crippen molar-refractivity contribution in [1.29, 1.82) is 0 Å². The summed E-state index contributed by atoms with van der Waals surface area (Å²) < 4.78 is 16.4. The summed E-state index contributed by atoms with van der Waals surface area (Å²) in [5, 5.41) is 18.3. The number of carbonyl (C=O) groups excluding carboxylic acids is 1. The summed E-state index contributed by atoms with van der Waals surface area (Å²) in [5.74, 6) is -2.34. The van der Waals surface area contributed by atoms with Gasteiger partial charge in [-0.1, -0.05) is 0 Å². The maximum atomic E-state index is 14.8. The minimum atomic E-state index is -1.36. The van der Waals surface area contributed by atoms with Crippen molar-refractivity contribution in [3.63, 3.8) is 0 Å². The van der Waals surface area contributed by atoms with Crippen LogP contribution >= 0.6 is 0 Å². The fraction of sp³-hybridized carbons (Fsp3) is 0.421. The Labute approximate surface area is 165 Å². The van der Waals surface area contributed by atoms with Gasteiger partial charge in [-0.2, -0.15) is 0 Å². The Hall–Kier alpha value is -2.98. The van der Waals surface area contributed by atoms with E-state index in [9.17, 15) is 23.9 Å². The first-order valence-corrected chi connectivity index (χ1v) is 9.28. The van der Waals surface area contributed by atoms with Crippen LogP contribution in [0.5, 0.6) is 0 Å². The molecule has 3 rings (SSSR count). The van der Waals surface area contributed by atoms with Gasteiger partial charge >= 0.3 is 5.97 Å². The number of carbonyl (C=O) groups is 2. The highest BCUT2D eigenvalue weighted by atomic mass is 19.1. The van der Waals surface area contributed by atoms with Crippen LogP contribution in [0.25, 0.3) is 10.9 Å². The van der Waals surface area contributed by atoms with Gasteiger partial charge in [0.15, 0.2) is 0 Å². The van der Waals surface area contributed by atoms with E-state index in [0.717, 1.165) is 6.07 Å². The van der Waals surface area contributed by atoms with Crippen LogP contribution in [-0.2, 0) is 11.3 Å². The summed E-state index contributed by atoms with van der Waals surface area (Å²) >= 11 is 0. The molecule has 1 unspecified atom stereocenters. The third kappa shape index (κ3) is 3.81. The monoisotopic (exact) mass is 406 g/mol. The van der Waals surface area contributed by atoms with Crippen LogP contribution in [0.15, 0.2) is 23.1 Å². The van der Waals surface area contributed by atoms with Gasteiger partial charge in [0.05, 0.1) is 17.8 Å². The number of aliphatic hydroxyl groups is 1. The first kappa shape index (κ1) is 20.7. The molecule has 1 atom stereocenters. The third-order valence-electron chi connectivity index (χ3n) is 5.17. The van der Waals surface area contributed by atoms with Crippen molar-refractivity contribution in [1.82, 2.24) is 9.47 Å². The maximum Gasteiger partial charge on any atom is 0.341 e. The van der Waals surface area contributed by atoms with E-state index in [1.165, 1.54) is 17.2 Å². The molecule has 0 bridgehead atoms. The van der Waals surface area contributed by atoms with Crippen LogP contribution in [0.3, 0.4) is 0 Å². The molecule has 9 nitrogen and oxygen atoms in total. The summed E-state index contributed by atoms with van der Waals surface area (Å²) in [4.78, 5) is 39.1. The topological polar surface area (TPSA) is 129 Å². The molecular formula is C19H23FN4O5. The summed E-state index contributed by atoms with van der Waals surface area (Å²) in [6.45, 7) is 3.12. The number of benzene rings is 1. The smallest absolute Gasteiger partial charge is 0.341 e. The average Bonchev–Trinajstić information content (AvgIpc) is 2.72. The molecule has 10 heteroatoms. The Morgan fingerprint density at radius 1 is 1.24 bits per heavy atom. The number of nitrogens with two attached hydrogens (primary N) is 1. The zero-order valence-corrected chi connectivity index (χ0v) is 16.0. The first-order valence-electron chi connectivity index (χ1n) is 9.28. The number of anilines is 1. The van der Waals surface area contributed by atoms with Crippen LogP contribution in [-0.4, -0.2) is 70.4 Å². The van der Waals surface area contributed by atoms with E-state index in [-0.39, 0.29) is 17.0 Å². The molecule has 0 spiro atoms. The van der Waals surface area contributed by atoms with Crippen molar-refractivity contribution in [2.24, 2.45) is 5.73 Å². The number of carboxylic acid groups (broad SMARTS) is 1. The fourth-order valence-corrected chi connectivity index (χ4v) is 3.54. The number of halogens is 1. The Balaban J connectivity index is 1.95. The molecule has 1 aliphatic rings. The van der Waals surface area contributed by atoms with Crippen LogP contribution in [0.2, 0.25) is 0 Å². The van der Waals surface area contributed by atoms with Gasteiger partial charge in [-0.3, -0.25) is 9.59 Å². The SMILES string of the molecule is CCn1cc(C(=O)O)c(=O)c2cc(F)c(N3CCN(C(=O)C(N)CO)CC3)cc21. The number of nitrogens with zero attached hydrogens (tertiary/aromatic N) is 3. The quantitative estimate of drug-likeness (QED) is 0.629. The summed E-state index contributed by atoms with van der Waals surface area (Å²) in [7, 11) is 0. The molecule has 4 N–H and O–H groups in total. The third-order valence-corrected chi connectivity index (χ3v) is 5.17. The lowest BCUT2D eigenvalue weighted by Crippen LogP contribution is -2.54. The number of hydrogen-bond acceptors (Lipinski definition) is 6. The Bertz CT molecular complexity index is 1010. The first-order chi connectivity index (χ1) is 13.8. The molecule has 29 heavy (non-hydrogen) atoms. The normalized spacial score (nSPS) is 15.6. The van der Waals surface area contributed by atoms with Crippen molar-refractivity contribution >= 4 is 28.5 Å². The fourth-order valence-electron chi connectivity index (χ4n) is 3.54. The minimum absolute atomic E-state index is 0.00994. The van der Waals surface area contributed by atoms with Crippen molar-refractivity contribution < 1.29 is 24.2 Å². The molecule has 0 aliphatic carbocycles. The number of aliphatic hydroxyl groups excluding tert-OH is 1. The molecule has 0 saturated carbocycles. The standard InChI is InChI=1S/C19H23FN4O5/c1-2-22-9-12(19(28)29)17(26)11-7-13(20)16(8-15(11)22)23-3-5-24(6-4-23)18(27)14(21)10-25/h7-9,14,25H,2-6,10,21H2,1H3,(H,28,29). The predicted octanol–water partition coefficient (Wildman–Crippen LogP) is -0.173. The van der Waals surface area contributed by atoms with Gasteiger partial charge in [-0.25, -0.2) is 9.18 Å². The summed E-state index contributed by atoms with van der Waals surface area (Å²) in [6, 6.07) is 1.64. The second kappa shape index (κ2) is 8.18. The van der Waals surface area contributed by atoms with Gasteiger partial charge in [0.1, 0.15) is 17.4 Å². The molecule has 1 aromatic heterocycles. The van der Waals surface area contributed by atoms with E-state index in [1.807, 2.05) is 0 Å². The van der Waals surface area contributed by atoms with E-state index >= 15 is 0 Å². The van der Waals surface area contributed by atoms with Crippen LogP contribution < -0.4 is 16.1 Å². The molecular weight excluding hydrogens is 383 g/mol. The van der Waals surface area contributed by atoms with Gasteiger partial charge in [0.2, 0.25) is 11.3 Å². The van der Waals surface area contributed by atoms with E-state index in [4.69, 9.17) is 10.8 Å². The largest absolute Gasteiger partial charge is 0.477 e. The molecule has 0 radical (unpaired) electrons. The number of piperazine rings is 1. The summed E-state index contributed by atoms with van der Waals surface area (Å²) in [6.07, 6.45) is 1.27. The zero-order valence-electron chi connectivity index (χ0n) is 16.0. The minimum Gasteiger partial charge on any atom is -0.477 e. The van der Waals surface area contributed by atoms with Gasteiger partial charge in [0, 0.05) is 44.3 Å². The van der Waals surface area contributed by atoms with Crippen molar-refractivity contribution in [3.05, 3.63) is 39.9 Å². The molecule has 1 amide bonds. The number of rotatable bonds is 5. The lowest BCUT2D eigenvalue weighted by Gasteiger charge is -2.37. The Kier molecular flexibility index (Phi) is 5.85. The van der Waals surface area contributed by atoms with Crippen molar-refractivity contribution in [2.45, 2.75) is 19.5 Å². The molecule has 2 heterocycles. The lowest BCUT2D eigenvalue weighted by molar-refractivity contribution is -0.133. The molecule has 156 valence electrons. The van der Waals surface area contributed by atoms with Gasteiger partial charge < -0.3 is 30.3 Å². The maximum absolute atomic E-state index is 14.8. The number of aromatic carboxylic acids is 1. The Morgan fingerprint density at radius 3 is 2.45 bits per heavy atom. The number of amides is 1. The number of aryl methyl sites for hydroxylation is 1. The molecule has 1 aromatic carbocycles. The second-order valence-corrected chi connectivity index (χ2v) is 6.89. The van der Waals surface area contributed by atoms with Crippen LogP contribution in [0.4, 0.5) is 10.1 Å². The van der Waals surface area contributed by atoms with Crippen LogP contribution in [0.1, 0.15) is 17.3 Å². The van der Waals surface area contributed by atoms with Gasteiger partial charge in [0.25, 0.3) is 0 Å². The highest BCUT2D eigenvalue weighted by Gasteiger charge is 2.26.